The molecule has 0 aliphatic carbocycles. The summed E-state index contributed by atoms with van der Waals surface area (Å²) in [5, 5.41) is 19.6. The van der Waals surface area contributed by atoms with Crippen LogP contribution in [0.1, 0.15) is 5.56 Å². The summed E-state index contributed by atoms with van der Waals surface area (Å²) in [5.41, 5.74) is 9.93. The second-order valence-corrected chi connectivity index (χ2v) is 14.8. The molecule has 0 spiro atoms. The molecule has 2 aromatic heterocycles. The predicted octanol–water partition coefficient (Wildman–Crippen LogP) is 13.9. The lowest BCUT2D eigenvalue weighted by Gasteiger charge is -2.26. The summed E-state index contributed by atoms with van der Waals surface area (Å²) in [5.74, 6) is 0. The molecule has 0 saturated carbocycles. The number of benzene rings is 9. The maximum absolute atomic E-state index is 9.50. The van der Waals surface area contributed by atoms with Gasteiger partial charge in [0.25, 0.3) is 0 Å². The van der Waals surface area contributed by atoms with Gasteiger partial charge in [0.2, 0.25) is 0 Å². The number of hydrogen-bond acceptors (Lipinski definition) is 3. The molecule has 4 heteroatoms. The highest BCUT2D eigenvalue weighted by Crippen LogP contribution is 2.45. The third kappa shape index (κ3) is 4.58. The van der Waals surface area contributed by atoms with Crippen molar-refractivity contribution in [2.45, 2.75) is 0 Å². The molecular weight excluding hydrogens is 663 g/mol. The average molecular weight is 692 g/mol. The average Bonchev–Trinajstić information content (AvgIpc) is 3.76. The van der Waals surface area contributed by atoms with E-state index in [0.29, 0.717) is 5.56 Å². The third-order valence-electron chi connectivity index (χ3n) is 10.7. The Labute approximate surface area is 309 Å². The van der Waals surface area contributed by atoms with Crippen LogP contribution in [0.3, 0.4) is 0 Å². The van der Waals surface area contributed by atoms with Crippen LogP contribution in [0.15, 0.2) is 176 Å². The van der Waals surface area contributed by atoms with E-state index in [-0.39, 0.29) is 0 Å². The van der Waals surface area contributed by atoms with Crippen LogP contribution >= 0.6 is 11.3 Å². The van der Waals surface area contributed by atoms with Crippen molar-refractivity contribution in [3.05, 3.63) is 181 Å². The van der Waals surface area contributed by atoms with Gasteiger partial charge in [0.05, 0.1) is 22.7 Å². The van der Waals surface area contributed by atoms with Crippen LogP contribution in [-0.2, 0) is 0 Å². The highest BCUT2D eigenvalue weighted by Gasteiger charge is 2.20. The molecule has 0 atom stereocenters. The number of fused-ring (bicyclic) bond motifs is 4. The molecule has 3 nitrogen and oxygen atoms in total. The molecule has 0 unspecified atom stereocenters. The van der Waals surface area contributed by atoms with E-state index in [0.717, 1.165) is 17.1 Å². The summed E-state index contributed by atoms with van der Waals surface area (Å²) >= 11 is 1.84. The van der Waals surface area contributed by atoms with Crippen LogP contribution in [0.4, 0.5) is 17.1 Å². The maximum Gasteiger partial charge on any atom is 0.0991 e. The molecule has 0 radical (unpaired) electrons. The summed E-state index contributed by atoms with van der Waals surface area (Å²) in [6.45, 7) is 0. The number of para-hydroxylation sites is 1. The topological polar surface area (TPSA) is 32.0 Å². The summed E-state index contributed by atoms with van der Waals surface area (Å²) in [4.78, 5) is 2.29. The van der Waals surface area contributed by atoms with Gasteiger partial charge in [0.1, 0.15) is 0 Å². The molecular formula is C49H29N3S. The van der Waals surface area contributed by atoms with E-state index in [9.17, 15) is 5.26 Å². The molecule has 0 aliphatic rings. The summed E-state index contributed by atoms with van der Waals surface area (Å²) < 4.78 is 4.91. The molecule has 0 saturated heterocycles. The van der Waals surface area contributed by atoms with E-state index >= 15 is 0 Å². The molecule has 53 heavy (non-hydrogen) atoms. The van der Waals surface area contributed by atoms with Gasteiger partial charge in [0.15, 0.2) is 0 Å². The Morgan fingerprint density at radius 3 is 1.98 bits per heavy atom. The van der Waals surface area contributed by atoms with Crippen molar-refractivity contribution < 1.29 is 0 Å². The molecule has 2 heterocycles. The van der Waals surface area contributed by atoms with Crippen molar-refractivity contribution >= 4 is 91.9 Å². The smallest absolute Gasteiger partial charge is 0.0991 e. The molecule has 0 N–H and O–H groups in total. The summed E-state index contributed by atoms with van der Waals surface area (Å²) in [6, 6.07) is 65.4. The normalized spacial score (nSPS) is 11.8. The lowest BCUT2D eigenvalue weighted by atomic mass is 9.94. The minimum Gasteiger partial charge on any atom is -0.310 e. The minimum atomic E-state index is 0.647. The Balaban J connectivity index is 1.06. The van der Waals surface area contributed by atoms with E-state index in [1.807, 2.05) is 35.6 Å². The van der Waals surface area contributed by atoms with Crippen LogP contribution in [0, 0.1) is 11.3 Å². The van der Waals surface area contributed by atoms with E-state index < -0.39 is 0 Å². The molecule has 0 amide bonds. The van der Waals surface area contributed by atoms with Crippen LogP contribution in [-0.4, -0.2) is 4.57 Å². The number of rotatable bonds is 5. The van der Waals surface area contributed by atoms with Gasteiger partial charge in [-0.2, -0.15) is 5.26 Å². The van der Waals surface area contributed by atoms with Gasteiger partial charge in [-0.25, -0.2) is 0 Å². The second kappa shape index (κ2) is 11.5. The van der Waals surface area contributed by atoms with Crippen molar-refractivity contribution in [1.29, 1.82) is 5.26 Å². The fourth-order valence-electron chi connectivity index (χ4n) is 8.32. The van der Waals surface area contributed by atoms with E-state index in [4.69, 9.17) is 0 Å². The Morgan fingerprint density at radius 1 is 0.472 bits per heavy atom. The SMILES string of the molecule is N#Cc1ccc(N(c2ccc3ccccc3c2)c2ccc3c(c2)sc2cc(-c4ccc5c6c4ccc4cccc(c46)n5-c4ccccc4)ccc23)cc1. The number of anilines is 3. The zero-order valence-electron chi connectivity index (χ0n) is 28.5. The highest BCUT2D eigenvalue weighted by molar-refractivity contribution is 7.25. The second-order valence-electron chi connectivity index (χ2n) is 13.7. The van der Waals surface area contributed by atoms with Crippen LogP contribution in [0.2, 0.25) is 0 Å². The van der Waals surface area contributed by atoms with Crippen molar-refractivity contribution in [3.8, 4) is 22.9 Å². The van der Waals surface area contributed by atoms with E-state index in [1.165, 1.54) is 80.3 Å². The highest BCUT2D eigenvalue weighted by atomic mass is 32.1. The zero-order chi connectivity index (χ0) is 35.0. The first-order valence-corrected chi connectivity index (χ1v) is 18.6. The van der Waals surface area contributed by atoms with E-state index in [1.54, 1.807) is 0 Å². The van der Waals surface area contributed by atoms with E-state index in [2.05, 4.69) is 167 Å². The Kier molecular flexibility index (Phi) is 6.48. The standard InChI is InChI=1S/C49H29N3S/c50-30-31-13-18-37(19-14-31)51(38-20-15-32-7-4-5-8-34(32)27-38)39-21-24-42-41-22-17-35(28-46(41)53-47(42)29-39)40-25-26-45-49-43(40)23-16-33-9-6-12-44(48(33)49)52(45)36-10-2-1-3-11-36/h1-29H. The van der Waals surface area contributed by atoms with Crippen LogP contribution in [0.5, 0.6) is 0 Å². The number of thiophene rings is 1. The third-order valence-corrected chi connectivity index (χ3v) is 11.9. The molecule has 11 rings (SSSR count). The Morgan fingerprint density at radius 2 is 1.13 bits per heavy atom. The molecule has 9 aromatic carbocycles. The minimum absolute atomic E-state index is 0.647. The van der Waals surface area contributed by atoms with Crippen molar-refractivity contribution in [2.75, 3.05) is 4.90 Å². The van der Waals surface area contributed by atoms with Crippen molar-refractivity contribution in [1.82, 2.24) is 4.57 Å². The van der Waals surface area contributed by atoms with Gasteiger partial charge >= 0.3 is 0 Å². The molecule has 246 valence electrons. The molecule has 0 bridgehead atoms. The van der Waals surface area contributed by atoms with Gasteiger partial charge < -0.3 is 9.47 Å². The van der Waals surface area contributed by atoms with Gasteiger partial charge in [-0.3, -0.25) is 0 Å². The summed E-state index contributed by atoms with van der Waals surface area (Å²) in [7, 11) is 0. The summed E-state index contributed by atoms with van der Waals surface area (Å²) in [6.07, 6.45) is 0. The first-order chi connectivity index (χ1) is 26.2. The molecule has 0 fully saturated rings. The van der Waals surface area contributed by atoms with Crippen LogP contribution in [0.25, 0.3) is 80.3 Å². The number of nitriles is 1. The van der Waals surface area contributed by atoms with Gasteiger partial charge in [-0.1, -0.05) is 97.1 Å². The number of hydrogen-bond donors (Lipinski definition) is 0. The maximum atomic E-state index is 9.50. The largest absolute Gasteiger partial charge is 0.310 e. The fraction of sp³-hybridized carbons (Fsp3) is 0. The van der Waals surface area contributed by atoms with Crippen molar-refractivity contribution in [3.63, 3.8) is 0 Å². The quantitative estimate of drug-likeness (QED) is 0.168. The fourth-order valence-corrected chi connectivity index (χ4v) is 9.49. The predicted molar refractivity (Wildman–Crippen MR) is 225 cm³/mol. The number of aromatic nitrogens is 1. The lowest BCUT2D eigenvalue weighted by Crippen LogP contribution is -2.09. The first-order valence-electron chi connectivity index (χ1n) is 17.8. The lowest BCUT2D eigenvalue weighted by molar-refractivity contribution is 1.18. The molecule has 11 aromatic rings. The van der Waals surface area contributed by atoms with Crippen molar-refractivity contribution in [2.24, 2.45) is 0 Å². The zero-order valence-corrected chi connectivity index (χ0v) is 29.3. The van der Waals surface area contributed by atoms with Gasteiger partial charge in [0, 0.05) is 53.7 Å². The number of nitrogens with zero attached hydrogens (tertiary/aromatic N) is 3. The first kappa shape index (κ1) is 29.8. The van der Waals surface area contributed by atoms with Crippen LogP contribution < -0.4 is 4.90 Å². The van der Waals surface area contributed by atoms with Gasteiger partial charge in [-0.05, 0) is 112 Å². The van der Waals surface area contributed by atoms with Gasteiger partial charge in [-0.15, -0.1) is 11.3 Å². The monoisotopic (exact) mass is 691 g/mol. The Hall–Kier alpha value is -6.93. The Bertz CT molecular complexity index is 3240. The molecule has 0 aliphatic heterocycles.